The van der Waals surface area contributed by atoms with Gasteiger partial charge in [0, 0.05) is 0 Å². The molecule has 0 aliphatic heterocycles. The summed E-state index contributed by atoms with van der Waals surface area (Å²) < 4.78 is 0. The highest BCUT2D eigenvalue weighted by molar-refractivity contribution is 5.81. The van der Waals surface area contributed by atoms with Crippen molar-refractivity contribution in [2.45, 2.75) is 47.0 Å². The Morgan fingerprint density at radius 1 is 0.640 bits per heavy atom. The summed E-state index contributed by atoms with van der Waals surface area (Å²) >= 11 is 0. The maximum absolute atomic E-state index is 2.35. The fourth-order valence-corrected chi connectivity index (χ4v) is 4.92. The van der Waals surface area contributed by atoms with Crippen molar-refractivity contribution in [3.05, 3.63) is 81.9 Å². The highest BCUT2D eigenvalue weighted by Crippen LogP contribution is 2.44. The number of rotatable bonds is 4. The van der Waals surface area contributed by atoms with Crippen LogP contribution in [-0.2, 0) is 12.8 Å². The molecule has 0 spiro atoms. The zero-order chi connectivity index (χ0) is 17.6. The molecular formula is C25H28. The quantitative estimate of drug-likeness (QED) is 0.585. The van der Waals surface area contributed by atoms with Gasteiger partial charge in [-0.15, -0.1) is 0 Å². The molecule has 0 saturated heterocycles. The van der Waals surface area contributed by atoms with Gasteiger partial charge in [-0.1, -0.05) is 87.4 Å². The van der Waals surface area contributed by atoms with E-state index in [0.29, 0.717) is 11.8 Å². The molecule has 0 heterocycles. The van der Waals surface area contributed by atoms with E-state index < -0.39 is 0 Å². The monoisotopic (exact) mass is 328 g/mol. The smallest absolute Gasteiger partial charge is 0.00517 e. The minimum Gasteiger partial charge on any atom is -0.0619 e. The molecule has 0 heteroatoms. The van der Waals surface area contributed by atoms with Crippen LogP contribution in [0.3, 0.4) is 0 Å². The fraction of sp³-hybridized carbons (Fsp3) is 0.360. The first kappa shape index (κ1) is 16.4. The van der Waals surface area contributed by atoms with Crippen LogP contribution in [0.1, 0.15) is 56.4 Å². The Kier molecular flexibility index (Phi) is 4.15. The number of hydrogen-bond donors (Lipinski definition) is 0. The summed E-state index contributed by atoms with van der Waals surface area (Å²) in [4.78, 5) is 0. The Morgan fingerprint density at radius 2 is 1.04 bits per heavy atom. The van der Waals surface area contributed by atoms with Crippen molar-refractivity contribution >= 4 is 11.1 Å². The summed E-state index contributed by atoms with van der Waals surface area (Å²) in [6, 6.07) is 18.0. The van der Waals surface area contributed by atoms with Crippen LogP contribution in [0.25, 0.3) is 11.1 Å². The van der Waals surface area contributed by atoms with Gasteiger partial charge in [-0.05, 0) is 64.5 Å². The zero-order valence-corrected chi connectivity index (χ0v) is 15.9. The summed E-state index contributed by atoms with van der Waals surface area (Å²) in [5.41, 5.74) is 12.5. The third-order valence-corrected chi connectivity index (χ3v) is 5.77. The highest BCUT2D eigenvalue weighted by atomic mass is 14.3. The molecule has 2 aromatic rings. The van der Waals surface area contributed by atoms with Gasteiger partial charge in [0.15, 0.2) is 0 Å². The topological polar surface area (TPSA) is 0 Å². The zero-order valence-electron chi connectivity index (χ0n) is 15.9. The molecule has 0 N–H and O–H groups in total. The Labute approximate surface area is 152 Å². The molecule has 2 aromatic carbocycles. The fourth-order valence-electron chi connectivity index (χ4n) is 4.92. The Morgan fingerprint density at radius 3 is 1.44 bits per heavy atom. The summed E-state index contributed by atoms with van der Waals surface area (Å²) in [5, 5.41) is 0. The minimum atomic E-state index is 0.588. The number of allylic oxidation sites excluding steroid dienone is 4. The molecule has 2 aliphatic carbocycles. The van der Waals surface area contributed by atoms with E-state index in [1.54, 1.807) is 22.3 Å². The molecule has 128 valence electrons. The largest absolute Gasteiger partial charge is 0.0619 e. The molecule has 0 atom stereocenters. The van der Waals surface area contributed by atoms with Crippen molar-refractivity contribution in [1.82, 2.24) is 0 Å². The van der Waals surface area contributed by atoms with Gasteiger partial charge in [-0.2, -0.15) is 0 Å². The van der Waals surface area contributed by atoms with Crippen molar-refractivity contribution in [2.75, 3.05) is 0 Å². The molecular weight excluding hydrogens is 300 g/mol. The maximum Gasteiger partial charge on any atom is -0.00517 e. The van der Waals surface area contributed by atoms with Gasteiger partial charge >= 0.3 is 0 Å². The van der Waals surface area contributed by atoms with Crippen molar-refractivity contribution < 1.29 is 0 Å². The summed E-state index contributed by atoms with van der Waals surface area (Å²) in [6.45, 7) is 9.38. The van der Waals surface area contributed by atoms with E-state index in [1.807, 2.05) is 0 Å². The predicted molar refractivity (Wildman–Crippen MR) is 108 cm³/mol. The average Bonchev–Trinajstić information content (AvgIpc) is 3.12. The summed E-state index contributed by atoms with van der Waals surface area (Å²) in [5.74, 6) is 1.18. The maximum atomic E-state index is 2.35. The lowest BCUT2D eigenvalue weighted by molar-refractivity contribution is 0.833. The van der Waals surface area contributed by atoms with Gasteiger partial charge in [0.2, 0.25) is 0 Å². The van der Waals surface area contributed by atoms with Crippen molar-refractivity contribution in [2.24, 2.45) is 11.8 Å². The van der Waals surface area contributed by atoms with E-state index in [4.69, 9.17) is 0 Å². The molecule has 0 nitrogen and oxygen atoms in total. The molecule has 0 fully saturated rings. The van der Waals surface area contributed by atoms with Crippen LogP contribution < -0.4 is 0 Å². The molecule has 0 bridgehead atoms. The van der Waals surface area contributed by atoms with E-state index in [1.165, 1.54) is 22.3 Å². The molecule has 0 amide bonds. The van der Waals surface area contributed by atoms with Gasteiger partial charge < -0.3 is 0 Å². The number of fused-ring (bicyclic) bond motifs is 2. The lowest BCUT2D eigenvalue weighted by atomic mass is 9.89. The number of hydrogen-bond acceptors (Lipinski definition) is 0. The van der Waals surface area contributed by atoms with Crippen molar-refractivity contribution in [3.8, 4) is 0 Å². The van der Waals surface area contributed by atoms with Crippen LogP contribution in [0, 0.1) is 11.8 Å². The first-order valence-electron chi connectivity index (χ1n) is 9.66. The van der Waals surface area contributed by atoms with Crippen LogP contribution >= 0.6 is 0 Å². The van der Waals surface area contributed by atoms with Crippen molar-refractivity contribution in [1.29, 1.82) is 0 Å². The molecule has 4 rings (SSSR count). The molecule has 0 radical (unpaired) electrons. The molecule has 0 saturated carbocycles. The normalized spacial score (nSPS) is 16.2. The molecule has 2 aliphatic rings. The van der Waals surface area contributed by atoms with E-state index in [-0.39, 0.29) is 0 Å². The SMILES string of the molecule is CC(C)C1=C(CC2=C(C(C)C)c3ccccc3C2)Cc2ccccc21. The lowest BCUT2D eigenvalue weighted by Gasteiger charge is -2.16. The third-order valence-electron chi connectivity index (χ3n) is 5.77. The van der Waals surface area contributed by atoms with Gasteiger partial charge in [-0.25, -0.2) is 0 Å². The Hall–Kier alpha value is -2.08. The predicted octanol–water partition coefficient (Wildman–Crippen LogP) is 6.71. The third kappa shape index (κ3) is 2.78. The van der Waals surface area contributed by atoms with E-state index in [9.17, 15) is 0 Å². The van der Waals surface area contributed by atoms with E-state index >= 15 is 0 Å². The van der Waals surface area contributed by atoms with Crippen molar-refractivity contribution in [3.63, 3.8) is 0 Å². The van der Waals surface area contributed by atoms with Gasteiger partial charge in [0.25, 0.3) is 0 Å². The second-order valence-corrected chi connectivity index (χ2v) is 8.19. The standard InChI is InChI=1S/C25H28/c1-16(2)24-20(13-18-9-5-7-11-22(18)24)15-21-14-19-10-6-8-12-23(19)25(21)17(3)4/h5-12,16-17H,13-15H2,1-4H3. The Balaban J connectivity index is 1.75. The van der Waals surface area contributed by atoms with Crippen LogP contribution in [-0.4, -0.2) is 0 Å². The van der Waals surface area contributed by atoms with E-state index in [2.05, 4.69) is 76.2 Å². The minimum absolute atomic E-state index is 0.588. The average molecular weight is 328 g/mol. The van der Waals surface area contributed by atoms with Gasteiger partial charge in [0.05, 0.1) is 0 Å². The second kappa shape index (κ2) is 6.33. The number of benzene rings is 2. The molecule has 25 heavy (non-hydrogen) atoms. The first-order chi connectivity index (χ1) is 12.1. The van der Waals surface area contributed by atoms with Gasteiger partial charge in [0.1, 0.15) is 0 Å². The highest BCUT2D eigenvalue weighted by Gasteiger charge is 2.28. The van der Waals surface area contributed by atoms with Crippen LogP contribution in [0.15, 0.2) is 59.7 Å². The van der Waals surface area contributed by atoms with E-state index in [0.717, 1.165) is 19.3 Å². The van der Waals surface area contributed by atoms with Gasteiger partial charge in [-0.3, -0.25) is 0 Å². The molecule has 0 aromatic heterocycles. The van der Waals surface area contributed by atoms with Crippen LogP contribution in [0.5, 0.6) is 0 Å². The summed E-state index contributed by atoms with van der Waals surface area (Å²) in [7, 11) is 0. The van der Waals surface area contributed by atoms with Crippen LogP contribution in [0.4, 0.5) is 0 Å². The summed E-state index contributed by atoms with van der Waals surface area (Å²) in [6.07, 6.45) is 3.41. The lowest BCUT2D eigenvalue weighted by Crippen LogP contribution is -1.99. The first-order valence-corrected chi connectivity index (χ1v) is 9.66. The van der Waals surface area contributed by atoms with Crippen LogP contribution in [0.2, 0.25) is 0 Å². The second-order valence-electron chi connectivity index (χ2n) is 8.19. The molecule has 0 unspecified atom stereocenters. The Bertz CT molecular complexity index is 801.